The monoisotopic (exact) mass is 393 g/mol. The number of carbonyl (C=O) groups excluding carboxylic acids is 1. The van der Waals surface area contributed by atoms with Crippen molar-refractivity contribution in [3.05, 3.63) is 74.7 Å². The van der Waals surface area contributed by atoms with E-state index in [0.717, 1.165) is 18.2 Å². The Labute approximate surface area is 158 Å². The third-order valence-corrected chi connectivity index (χ3v) is 4.00. The van der Waals surface area contributed by atoms with E-state index in [1.165, 1.54) is 6.07 Å². The lowest BCUT2D eigenvalue weighted by molar-refractivity contribution is -0.143. The Bertz CT molecular complexity index is 1030. The number of benzene rings is 1. The van der Waals surface area contributed by atoms with Crippen LogP contribution in [0.15, 0.2) is 44.9 Å². The SMILES string of the molecule is CC(C)OC(=O)C1=C(N)Oc2c(oc(CO)cc2=O)[C@H]1c1ccc(F)c(F)c1. The van der Waals surface area contributed by atoms with Crippen LogP contribution < -0.4 is 15.9 Å². The Morgan fingerprint density at radius 1 is 1.29 bits per heavy atom. The summed E-state index contributed by atoms with van der Waals surface area (Å²) in [5, 5.41) is 9.34. The lowest BCUT2D eigenvalue weighted by Gasteiger charge is -2.27. The summed E-state index contributed by atoms with van der Waals surface area (Å²) in [5.74, 6) is -5.34. The Balaban J connectivity index is 2.27. The summed E-state index contributed by atoms with van der Waals surface area (Å²) in [4.78, 5) is 24.9. The van der Waals surface area contributed by atoms with Gasteiger partial charge < -0.3 is 24.7 Å². The molecule has 1 aromatic heterocycles. The summed E-state index contributed by atoms with van der Waals surface area (Å²) in [6, 6.07) is 3.96. The quantitative estimate of drug-likeness (QED) is 0.765. The maximum absolute atomic E-state index is 13.9. The predicted molar refractivity (Wildman–Crippen MR) is 92.2 cm³/mol. The smallest absolute Gasteiger partial charge is 0.340 e. The van der Waals surface area contributed by atoms with Crippen LogP contribution in [-0.2, 0) is 16.1 Å². The minimum atomic E-state index is -1.20. The molecular formula is C19H17F2NO6. The summed E-state index contributed by atoms with van der Waals surface area (Å²) in [5.41, 5.74) is 5.06. The number of nitrogens with two attached hydrogens (primary N) is 1. The van der Waals surface area contributed by atoms with Crippen LogP contribution in [0.3, 0.4) is 0 Å². The first kappa shape index (κ1) is 19.6. The summed E-state index contributed by atoms with van der Waals surface area (Å²) < 4.78 is 43.3. The minimum absolute atomic E-state index is 0.0837. The van der Waals surface area contributed by atoms with Crippen molar-refractivity contribution in [3.8, 4) is 5.75 Å². The fourth-order valence-electron chi connectivity index (χ4n) is 2.86. The Morgan fingerprint density at radius 3 is 2.61 bits per heavy atom. The van der Waals surface area contributed by atoms with Crippen LogP contribution in [0, 0.1) is 11.6 Å². The molecule has 9 heteroatoms. The molecule has 1 aliphatic rings. The van der Waals surface area contributed by atoms with Gasteiger partial charge in [-0.05, 0) is 31.5 Å². The molecule has 0 amide bonds. The van der Waals surface area contributed by atoms with E-state index in [-0.39, 0.29) is 28.4 Å². The zero-order chi connectivity index (χ0) is 20.6. The number of carbonyl (C=O) groups is 1. The molecule has 2 aromatic rings. The number of aliphatic hydroxyl groups is 1. The van der Waals surface area contributed by atoms with Gasteiger partial charge in [-0.15, -0.1) is 0 Å². The van der Waals surface area contributed by atoms with Crippen molar-refractivity contribution in [2.24, 2.45) is 5.73 Å². The Hall–Kier alpha value is -3.20. The van der Waals surface area contributed by atoms with E-state index in [4.69, 9.17) is 19.6 Å². The minimum Gasteiger partial charge on any atom is -0.459 e. The topological polar surface area (TPSA) is 112 Å². The number of aliphatic hydroxyl groups excluding tert-OH is 1. The van der Waals surface area contributed by atoms with E-state index in [2.05, 4.69) is 0 Å². The number of fused-ring (bicyclic) bond motifs is 1. The van der Waals surface area contributed by atoms with Crippen LogP contribution in [-0.4, -0.2) is 17.2 Å². The normalized spacial score (nSPS) is 16.0. The first-order chi connectivity index (χ1) is 13.2. The van der Waals surface area contributed by atoms with Gasteiger partial charge in [0.15, 0.2) is 17.4 Å². The molecule has 0 spiro atoms. The van der Waals surface area contributed by atoms with Gasteiger partial charge in [0.05, 0.1) is 12.0 Å². The van der Waals surface area contributed by atoms with Gasteiger partial charge in [0.1, 0.15) is 17.9 Å². The maximum atomic E-state index is 13.9. The first-order valence-electron chi connectivity index (χ1n) is 8.34. The molecule has 148 valence electrons. The van der Waals surface area contributed by atoms with Gasteiger partial charge in [0.2, 0.25) is 17.1 Å². The van der Waals surface area contributed by atoms with Crippen molar-refractivity contribution in [2.75, 3.05) is 0 Å². The molecule has 0 unspecified atom stereocenters. The molecule has 0 saturated heterocycles. The molecule has 0 saturated carbocycles. The number of hydrogen-bond donors (Lipinski definition) is 2. The second-order valence-electron chi connectivity index (χ2n) is 6.37. The van der Waals surface area contributed by atoms with Crippen molar-refractivity contribution >= 4 is 5.97 Å². The van der Waals surface area contributed by atoms with Crippen LogP contribution in [0.2, 0.25) is 0 Å². The van der Waals surface area contributed by atoms with Gasteiger partial charge in [-0.2, -0.15) is 0 Å². The van der Waals surface area contributed by atoms with Gasteiger partial charge in [-0.3, -0.25) is 4.79 Å². The van der Waals surface area contributed by atoms with Gasteiger partial charge in [-0.1, -0.05) is 6.07 Å². The molecule has 1 aliphatic heterocycles. The molecule has 2 heterocycles. The Kier molecular flexibility index (Phi) is 5.19. The van der Waals surface area contributed by atoms with Gasteiger partial charge in [-0.25, -0.2) is 13.6 Å². The van der Waals surface area contributed by atoms with Crippen LogP contribution in [0.1, 0.15) is 36.8 Å². The molecule has 1 aromatic carbocycles. The fourth-order valence-corrected chi connectivity index (χ4v) is 2.86. The second kappa shape index (κ2) is 7.43. The highest BCUT2D eigenvalue weighted by atomic mass is 19.2. The highest BCUT2D eigenvalue weighted by Gasteiger charge is 2.39. The van der Waals surface area contributed by atoms with E-state index in [1.54, 1.807) is 13.8 Å². The van der Waals surface area contributed by atoms with Crippen molar-refractivity contribution in [1.29, 1.82) is 0 Å². The van der Waals surface area contributed by atoms with Crippen molar-refractivity contribution < 1.29 is 32.6 Å². The van der Waals surface area contributed by atoms with E-state index in [9.17, 15) is 23.5 Å². The van der Waals surface area contributed by atoms with Crippen LogP contribution in [0.25, 0.3) is 0 Å². The van der Waals surface area contributed by atoms with Gasteiger partial charge >= 0.3 is 5.97 Å². The average Bonchev–Trinajstić information content (AvgIpc) is 2.62. The summed E-state index contributed by atoms with van der Waals surface area (Å²) in [7, 11) is 0. The highest BCUT2D eigenvalue weighted by molar-refractivity contribution is 5.92. The first-order valence-corrected chi connectivity index (χ1v) is 8.34. The average molecular weight is 393 g/mol. The predicted octanol–water partition coefficient (Wildman–Crippen LogP) is 2.06. The zero-order valence-corrected chi connectivity index (χ0v) is 15.0. The lowest BCUT2D eigenvalue weighted by Crippen LogP contribution is -2.31. The summed E-state index contributed by atoms with van der Waals surface area (Å²) in [6.07, 6.45) is -0.504. The van der Waals surface area contributed by atoms with Gasteiger partial charge in [0, 0.05) is 6.07 Å². The number of hydrogen-bond acceptors (Lipinski definition) is 7. The molecule has 0 radical (unpaired) electrons. The fraction of sp³-hybridized carbons (Fsp3) is 0.263. The van der Waals surface area contributed by atoms with E-state index in [0.29, 0.717) is 0 Å². The van der Waals surface area contributed by atoms with Crippen LogP contribution >= 0.6 is 0 Å². The molecule has 7 nitrogen and oxygen atoms in total. The maximum Gasteiger partial charge on any atom is 0.340 e. The summed E-state index contributed by atoms with van der Waals surface area (Å²) in [6.45, 7) is 2.63. The number of esters is 1. The highest BCUT2D eigenvalue weighted by Crippen LogP contribution is 2.42. The van der Waals surface area contributed by atoms with E-state index in [1.807, 2.05) is 0 Å². The van der Waals surface area contributed by atoms with Crippen LogP contribution in [0.4, 0.5) is 8.78 Å². The van der Waals surface area contributed by atoms with E-state index >= 15 is 0 Å². The molecule has 0 aliphatic carbocycles. The van der Waals surface area contributed by atoms with Crippen molar-refractivity contribution in [2.45, 2.75) is 32.5 Å². The molecular weight excluding hydrogens is 376 g/mol. The molecule has 0 fully saturated rings. The summed E-state index contributed by atoms with van der Waals surface area (Å²) >= 11 is 0. The number of halogens is 2. The lowest BCUT2D eigenvalue weighted by atomic mass is 9.86. The second-order valence-corrected chi connectivity index (χ2v) is 6.37. The van der Waals surface area contributed by atoms with Crippen LogP contribution in [0.5, 0.6) is 5.75 Å². The van der Waals surface area contributed by atoms with Gasteiger partial charge in [0.25, 0.3) is 0 Å². The third-order valence-electron chi connectivity index (χ3n) is 4.00. The number of rotatable bonds is 4. The molecule has 28 heavy (non-hydrogen) atoms. The third kappa shape index (κ3) is 3.48. The van der Waals surface area contributed by atoms with Crippen molar-refractivity contribution in [3.63, 3.8) is 0 Å². The molecule has 3 rings (SSSR count). The Morgan fingerprint density at radius 2 is 2.00 bits per heavy atom. The largest absolute Gasteiger partial charge is 0.459 e. The number of ether oxygens (including phenoxy) is 2. The molecule has 0 bridgehead atoms. The molecule has 1 atom stereocenters. The zero-order valence-electron chi connectivity index (χ0n) is 15.0. The standard InChI is InChI=1S/C19H17F2NO6/c1-8(2)26-19(25)15-14(9-3-4-11(20)12(21)5-9)17-16(28-18(15)22)13(24)6-10(7-23)27-17/h3-6,8,14,23H,7,22H2,1-2H3/t14-/m0/s1. The van der Waals surface area contributed by atoms with Crippen molar-refractivity contribution in [1.82, 2.24) is 0 Å². The van der Waals surface area contributed by atoms with E-state index < -0.39 is 47.5 Å². The molecule has 3 N–H and O–H groups in total.